The molecule has 0 spiro atoms. The lowest BCUT2D eigenvalue weighted by Gasteiger charge is -2.18. The number of H-pyrrole nitrogens is 1. The second-order valence-electron chi connectivity index (χ2n) is 6.65. The van der Waals surface area contributed by atoms with E-state index in [9.17, 15) is 0 Å². The summed E-state index contributed by atoms with van der Waals surface area (Å²) in [4.78, 5) is 2.43. The molecule has 2 aromatic heterocycles. The number of rotatable bonds is 3. The Labute approximate surface area is 152 Å². The molecule has 6 heteroatoms. The number of fused-ring (bicyclic) bond motifs is 1. The molecule has 0 atom stereocenters. The van der Waals surface area contributed by atoms with E-state index < -0.39 is 0 Å². The van der Waals surface area contributed by atoms with Gasteiger partial charge < -0.3 is 0 Å². The summed E-state index contributed by atoms with van der Waals surface area (Å²) < 4.78 is 2.05. The van der Waals surface area contributed by atoms with Crippen molar-refractivity contribution >= 4 is 11.6 Å². The Morgan fingerprint density at radius 3 is 2.64 bits per heavy atom. The van der Waals surface area contributed by atoms with Gasteiger partial charge in [-0.2, -0.15) is 10.2 Å². The van der Waals surface area contributed by atoms with E-state index in [4.69, 9.17) is 16.7 Å². The lowest BCUT2D eigenvalue weighted by molar-refractivity contribution is 0.274. The molecule has 5 nitrogen and oxygen atoms in total. The molecule has 3 aromatic rings. The Hall–Kier alpha value is -2.11. The number of nitrogens with zero attached hydrogens (tertiary/aromatic N) is 4. The normalized spacial score (nSPS) is 15.2. The van der Waals surface area contributed by atoms with Crippen LogP contribution in [0.15, 0.2) is 30.3 Å². The van der Waals surface area contributed by atoms with E-state index in [-0.39, 0.29) is 0 Å². The predicted molar refractivity (Wildman–Crippen MR) is 99.7 cm³/mol. The molecular formula is C19H22ClN5. The molecule has 0 saturated carbocycles. The van der Waals surface area contributed by atoms with Gasteiger partial charge >= 0.3 is 0 Å². The molecule has 0 saturated heterocycles. The maximum Gasteiger partial charge on any atom is 0.0958 e. The monoisotopic (exact) mass is 355 g/mol. The third-order valence-corrected chi connectivity index (χ3v) is 5.48. The van der Waals surface area contributed by atoms with Crippen LogP contribution in [0.5, 0.6) is 0 Å². The third-order valence-electron chi connectivity index (χ3n) is 4.98. The summed E-state index contributed by atoms with van der Waals surface area (Å²) in [5.74, 6) is 0. The quantitative estimate of drug-likeness (QED) is 0.783. The lowest BCUT2D eigenvalue weighted by atomic mass is 10.0. The van der Waals surface area contributed by atoms with Crippen LogP contribution in [0.4, 0.5) is 0 Å². The summed E-state index contributed by atoms with van der Waals surface area (Å²) in [6.07, 6.45) is 1.99. The highest BCUT2D eigenvalue weighted by Gasteiger charge is 2.23. The molecule has 1 aliphatic rings. The average Bonchev–Trinajstić information content (AvgIpc) is 3.01. The summed E-state index contributed by atoms with van der Waals surface area (Å²) in [6, 6.07) is 10.5. The van der Waals surface area contributed by atoms with E-state index in [2.05, 4.69) is 46.4 Å². The van der Waals surface area contributed by atoms with Crippen molar-refractivity contribution in [2.45, 2.75) is 26.3 Å². The fourth-order valence-electron chi connectivity index (χ4n) is 3.59. The first-order valence-electron chi connectivity index (χ1n) is 8.65. The van der Waals surface area contributed by atoms with E-state index in [1.807, 2.05) is 17.7 Å². The molecule has 1 N–H and O–H groups in total. The molecule has 0 radical (unpaired) electrons. The highest BCUT2D eigenvalue weighted by atomic mass is 35.5. The van der Waals surface area contributed by atoms with Crippen molar-refractivity contribution in [3.05, 3.63) is 58.0 Å². The zero-order chi connectivity index (χ0) is 17.4. The van der Waals surface area contributed by atoms with Crippen molar-refractivity contribution < 1.29 is 0 Å². The average molecular weight is 356 g/mol. The Balaban J connectivity index is 1.57. The van der Waals surface area contributed by atoms with Gasteiger partial charge in [0, 0.05) is 49.9 Å². The number of benzene rings is 1. The second kappa shape index (κ2) is 6.65. The van der Waals surface area contributed by atoms with E-state index in [0.29, 0.717) is 0 Å². The highest BCUT2D eigenvalue weighted by molar-refractivity contribution is 6.31. The summed E-state index contributed by atoms with van der Waals surface area (Å²) >= 11 is 6.33. The Morgan fingerprint density at radius 2 is 1.92 bits per heavy atom. The zero-order valence-corrected chi connectivity index (χ0v) is 15.3. The van der Waals surface area contributed by atoms with Gasteiger partial charge in [-0.25, -0.2) is 0 Å². The summed E-state index contributed by atoms with van der Waals surface area (Å²) in [5.41, 5.74) is 6.90. The molecule has 0 fully saturated rings. The van der Waals surface area contributed by atoms with Crippen LogP contribution in [-0.2, 0) is 26.4 Å². The van der Waals surface area contributed by atoms with E-state index >= 15 is 0 Å². The van der Waals surface area contributed by atoms with Gasteiger partial charge in [0.25, 0.3) is 0 Å². The minimum Gasteiger partial charge on any atom is -0.297 e. The second-order valence-corrected chi connectivity index (χ2v) is 7.03. The smallest absolute Gasteiger partial charge is 0.0958 e. The van der Waals surface area contributed by atoms with Crippen LogP contribution in [0.1, 0.15) is 22.6 Å². The molecule has 0 unspecified atom stereocenters. The predicted octanol–water partition coefficient (Wildman–Crippen LogP) is 3.37. The minimum absolute atomic E-state index is 0.758. The summed E-state index contributed by atoms with van der Waals surface area (Å²) in [5, 5.41) is 12.9. The van der Waals surface area contributed by atoms with Gasteiger partial charge in [-0.05, 0) is 13.3 Å². The fourth-order valence-corrected chi connectivity index (χ4v) is 3.74. The maximum atomic E-state index is 6.33. The Morgan fingerprint density at radius 1 is 1.16 bits per heavy atom. The van der Waals surface area contributed by atoms with Gasteiger partial charge in [0.05, 0.1) is 22.1 Å². The Bertz CT molecular complexity index is 881. The standard InChI is InChI=1S/C19H22ClN5/c1-13-18(20)16(22-21-13)12-25-10-8-15-17(9-11-25)24(2)23-19(15)14-6-4-3-5-7-14/h3-7H,8-12H2,1-2H3,(H,21,22). The SMILES string of the molecule is Cc1[nH]nc(CN2CCc3c(-c4ccccc4)nn(C)c3CC2)c1Cl. The first kappa shape index (κ1) is 16.4. The van der Waals surface area contributed by atoms with Crippen LogP contribution >= 0.6 is 11.6 Å². The van der Waals surface area contributed by atoms with Gasteiger partial charge in [-0.3, -0.25) is 14.7 Å². The van der Waals surface area contributed by atoms with Crippen molar-refractivity contribution in [1.82, 2.24) is 24.9 Å². The van der Waals surface area contributed by atoms with Gasteiger partial charge in [0.1, 0.15) is 0 Å². The number of aromatic amines is 1. The number of halogens is 1. The van der Waals surface area contributed by atoms with Crippen molar-refractivity contribution in [3.8, 4) is 11.3 Å². The van der Waals surface area contributed by atoms with Crippen LogP contribution in [0.3, 0.4) is 0 Å². The molecule has 1 aliphatic heterocycles. The van der Waals surface area contributed by atoms with E-state index in [1.54, 1.807) is 0 Å². The van der Waals surface area contributed by atoms with Crippen LogP contribution in [0.2, 0.25) is 5.02 Å². The van der Waals surface area contributed by atoms with Crippen LogP contribution in [0, 0.1) is 6.92 Å². The number of aryl methyl sites for hydroxylation is 2. The molecule has 0 amide bonds. The number of hydrogen-bond acceptors (Lipinski definition) is 3. The summed E-state index contributed by atoms with van der Waals surface area (Å²) in [6.45, 7) is 4.71. The van der Waals surface area contributed by atoms with Gasteiger partial charge in [0.2, 0.25) is 0 Å². The van der Waals surface area contributed by atoms with Crippen molar-refractivity contribution in [3.63, 3.8) is 0 Å². The molecular weight excluding hydrogens is 334 g/mol. The van der Waals surface area contributed by atoms with Crippen molar-refractivity contribution in [1.29, 1.82) is 0 Å². The number of hydrogen-bond donors (Lipinski definition) is 1. The van der Waals surface area contributed by atoms with Crippen molar-refractivity contribution in [2.75, 3.05) is 13.1 Å². The topological polar surface area (TPSA) is 49.7 Å². The molecule has 4 rings (SSSR count). The van der Waals surface area contributed by atoms with Crippen LogP contribution < -0.4 is 0 Å². The highest BCUT2D eigenvalue weighted by Crippen LogP contribution is 2.28. The fraction of sp³-hybridized carbons (Fsp3) is 0.368. The van der Waals surface area contributed by atoms with Gasteiger partial charge in [0.15, 0.2) is 0 Å². The molecule has 0 aliphatic carbocycles. The number of nitrogens with one attached hydrogen (secondary N) is 1. The van der Waals surface area contributed by atoms with Crippen molar-refractivity contribution in [2.24, 2.45) is 7.05 Å². The first-order valence-corrected chi connectivity index (χ1v) is 9.03. The maximum absolute atomic E-state index is 6.33. The molecule has 25 heavy (non-hydrogen) atoms. The van der Waals surface area contributed by atoms with Crippen LogP contribution in [0.25, 0.3) is 11.3 Å². The van der Waals surface area contributed by atoms with Gasteiger partial charge in [-0.15, -0.1) is 0 Å². The largest absolute Gasteiger partial charge is 0.297 e. The molecule has 130 valence electrons. The lowest BCUT2D eigenvalue weighted by Crippen LogP contribution is -2.26. The van der Waals surface area contributed by atoms with Crippen LogP contribution in [-0.4, -0.2) is 38.0 Å². The Kier molecular flexibility index (Phi) is 4.36. The van der Waals surface area contributed by atoms with E-state index in [1.165, 1.54) is 16.8 Å². The zero-order valence-electron chi connectivity index (χ0n) is 14.6. The first-order chi connectivity index (χ1) is 12.1. The molecule has 0 bridgehead atoms. The molecule has 1 aromatic carbocycles. The minimum atomic E-state index is 0.758. The van der Waals surface area contributed by atoms with Gasteiger partial charge in [-0.1, -0.05) is 41.9 Å². The summed E-state index contributed by atoms with van der Waals surface area (Å²) in [7, 11) is 2.05. The number of aromatic nitrogens is 4. The molecule has 3 heterocycles. The van der Waals surface area contributed by atoms with E-state index in [0.717, 1.165) is 54.6 Å². The third kappa shape index (κ3) is 3.10.